The predicted octanol–water partition coefficient (Wildman–Crippen LogP) is 2.59. The van der Waals surface area contributed by atoms with Crippen LogP contribution in [0.2, 0.25) is 0 Å². The molecule has 60 valence electrons. The maximum absolute atomic E-state index is 5.65. The highest BCUT2D eigenvalue weighted by Gasteiger charge is 2.05. The van der Waals surface area contributed by atoms with Gasteiger partial charge in [0.1, 0.15) is 4.60 Å². The number of alkyl halides is 1. The molecule has 4 heteroatoms. The van der Waals surface area contributed by atoms with Gasteiger partial charge in [-0.1, -0.05) is 0 Å². The normalized spacial score (nSPS) is 9.73. The first-order valence-corrected chi connectivity index (χ1v) is 4.35. The number of ether oxygens (including phenoxy) is 1. The van der Waals surface area contributed by atoms with E-state index in [0.29, 0.717) is 16.2 Å². The van der Waals surface area contributed by atoms with Gasteiger partial charge in [-0.15, -0.1) is 11.6 Å². The molecule has 0 aliphatic heterocycles. The second kappa shape index (κ2) is 3.93. The van der Waals surface area contributed by atoms with Crippen LogP contribution in [0.15, 0.2) is 16.9 Å². The molecule has 0 unspecified atom stereocenters. The van der Waals surface area contributed by atoms with Gasteiger partial charge < -0.3 is 4.74 Å². The van der Waals surface area contributed by atoms with Gasteiger partial charge in [0.05, 0.1) is 13.0 Å². The van der Waals surface area contributed by atoms with Crippen molar-refractivity contribution in [1.82, 2.24) is 4.98 Å². The summed E-state index contributed by atoms with van der Waals surface area (Å²) >= 11 is 8.91. The van der Waals surface area contributed by atoms with Crippen LogP contribution >= 0.6 is 27.5 Å². The lowest BCUT2D eigenvalue weighted by molar-refractivity contribution is 0.406. The molecule has 0 bridgehead atoms. The van der Waals surface area contributed by atoms with Crippen LogP contribution in [0.25, 0.3) is 0 Å². The number of pyridine rings is 1. The molecule has 0 saturated carbocycles. The fourth-order valence-corrected chi connectivity index (χ4v) is 1.53. The molecule has 11 heavy (non-hydrogen) atoms. The van der Waals surface area contributed by atoms with Crippen molar-refractivity contribution in [3.05, 3.63) is 22.4 Å². The Kier molecular flexibility index (Phi) is 3.15. The maximum atomic E-state index is 5.65. The zero-order valence-corrected chi connectivity index (χ0v) is 8.32. The minimum atomic E-state index is 0.435. The van der Waals surface area contributed by atoms with Gasteiger partial charge in [-0.2, -0.15) is 0 Å². The summed E-state index contributed by atoms with van der Waals surface area (Å²) in [5.41, 5.74) is 0.941. The molecule has 2 nitrogen and oxygen atoms in total. The summed E-state index contributed by atoms with van der Waals surface area (Å²) in [6.45, 7) is 0. The van der Waals surface area contributed by atoms with Crippen LogP contribution in [0.3, 0.4) is 0 Å². The third-order valence-corrected chi connectivity index (χ3v) is 2.14. The second-order valence-electron chi connectivity index (χ2n) is 1.93. The molecule has 0 N–H and O–H groups in total. The van der Waals surface area contributed by atoms with E-state index in [1.54, 1.807) is 13.3 Å². The molecule has 0 aliphatic rings. The van der Waals surface area contributed by atoms with E-state index in [0.717, 1.165) is 5.56 Å². The number of methoxy groups -OCH3 is 1. The molecular formula is C7H7BrClNO. The van der Waals surface area contributed by atoms with Crippen molar-refractivity contribution in [2.24, 2.45) is 0 Å². The average molecular weight is 236 g/mol. The Morgan fingerprint density at radius 1 is 1.73 bits per heavy atom. The lowest BCUT2D eigenvalue weighted by atomic mass is 10.3. The van der Waals surface area contributed by atoms with Crippen LogP contribution in [0.4, 0.5) is 0 Å². The SMILES string of the molecule is COc1c(CCl)ccnc1Br. The highest BCUT2D eigenvalue weighted by atomic mass is 79.9. The van der Waals surface area contributed by atoms with E-state index < -0.39 is 0 Å². The number of rotatable bonds is 2. The summed E-state index contributed by atoms with van der Waals surface area (Å²) in [7, 11) is 1.60. The number of halogens is 2. The van der Waals surface area contributed by atoms with E-state index in [-0.39, 0.29) is 0 Å². The molecule has 1 aromatic rings. The minimum Gasteiger partial charge on any atom is -0.494 e. The van der Waals surface area contributed by atoms with E-state index >= 15 is 0 Å². The highest BCUT2D eigenvalue weighted by Crippen LogP contribution is 2.27. The van der Waals surface area contributed by atoms with Gasteiger partial charge in [0.2, 0.25) is 0 Å². The van der Waals surface area contributed by atoms with E-state index in [2.05, 4.69) is 20.9 Å². The number of hydrogen-bond acceptors (Lipinski definition) is 2. The first-order valence-electron chi connectivity index (χ1n) is 3.03. The summed E-state index contributed by atoms with van der Waals surface area (Å²) in [4.78, 5) is 3.99. The van der Waals surface area contributed by atoms with Crippen molar-refractivity contribution in [2.75, 3.05) is 7.11 Å². The van der Waals surface area contributed by atoms with Crippen molar-refractivity contribution in [3.63, 3.8) is 0 Å². The first-order chi connectivity index (χ1) is 5.29. The maximum Gasteiger partial charge on any atom is 0.156 e. The van der Waals surface area contributed by atoms with Crippen molar-refractivity contribution in [2.45, 2.75) is 5.88 Å². The third kappa shape index (κ3) is 1.84. The van der Waals surface area contributed by atoms with Gasteiger partial charge in [0, 0.05) is 11.8 Å². The fourth-order valence-electron chi connectivity index (χ4n) is 0.780. The van der Waals surface area contributed by atoms with Crippen molar-refractivity contribution < 1.29 is 4.74 Å². The summed E-state index contributed by atoms with van der Waals surface area (Å²) in [5.74, 6) is 1.15. The Hall–Kier alpha value is -0.280. The quantitative estimate of drug-likeness (QED) is 0.582. The molecule has 0 fully saturated rings. The average Bonchev–Trinajstić information content (AvgIpc) is 2.04. The van der Waals surface area contributed by atoms with Crippen LogP contribution in [0.1, 0.15) is 5.56 Å². The Bertz CT molecular complexity index is 254. The summed E-state index contributed by atoms with van der Waals surface area (Å²) in [6, 6.07) is 1.83. The van der Waals surface area contributed by atoms with E-state index in [1.807, 2.05) is 6.07 Å². The molecule has 0 aliphatic carbocycles. The first kappa shape index (κ1) is 8.81. The monoisotopic (exact) mass is 235 g/mol. The lowest BCUT2D eigenvalue weighted by Gasteiger charge is -2.05. The lowest BCUT2D eigenvalue weighted by Crippen LogP contribution is -1.91. The van der Waals surface area contributed by atoms with Gasteiger partial charge in [-0.05, 0) is 22.0 Å². The van der Waals surface area contributed by atoms with Crippen LogP contribution < -0.4 is 4.74 Å². The van der Waals surface area contributed by atoms with Crippen molar-refractivity contribution in [1.29, 1.82) is 0 Å². The van der Waals surface area contributed by atoms with Gasteiger partial charge in [-0.3, -0.25) is 0 Å². The van der Waals surface area contributed by atoms with Gasteiger partial charge in [-0.25, -0.2) is 4.98 Å². The Morgan fingerprint density at radius 3 is 2.91 bits per heavy atom. The fraction of sp³-hybridized carbons (Fsp3) is 0.286. The minimum absolute atomic E-state index is 0.435. The zero-order valence-electron chi connectivity index (χ0n) is 5.97. The molecule has 0 saturated heterocycles. The Balaban J connectivity index is 3.13. The summed E-state index contributed by atoms with van der Waals surface area (Å²) in [5, 5.41) is 0. The predicted molar refractivity (Wildman–Crippen MR) is 48.0 cm³/mol. The number of nitrogens with zero attached hydrogens (tertiary/aromatic N) is 1. The molecule has 1 rings (SSSR count). The molecule has 0 amide bonds. The number of aromatic nitrogens is 1. The molecule has 0 radical (unpaired) electrons. The topological polar surface area (TPSA) is 22.1 Å². The van der Waals surface area contributed by atoms with E-state index in [1.165, 1.54) is 0 Å². The summed E-state index contributed by atoms with van der Waals surface area (Å²) in [6.07, 6.45) is 1.68. The van der Waals surface area contributed by atoms with Crippen molar-refractivity contribution >= 4 is 27.5 Å². The van der Waals surface area contributed by atoms with Crippen LogP contribution in [-0.2, 0) is 5.88 Å². The number of hydrogen-bond donors (Lipinski definition) is 0. The summed E-state index contributed by atoms with van der Waals surface area (Å²) < 4.78 is 5.77. The van der Waals surface area contributed by atoms with Gasteiger partial charge in [0.25, 0.3) is 0 Å². The van der Waals surface area contributed by atoms with Crippen LogP contribution in [-0.4, -0.2) is 12.1 Å². The third-order valence-electron chi connectivity index (χ3n) is 1.29. The largest absolute Gasteiger partial charge is 0.494 e. The molecule has 1 heterocycles. The molecule has 0 aromatic carbocycles. The van der Waals surface area contributed by atoms with E-state index in [9.17, 15) is 0 Å². The standard InChI is InChI=1S/C7H7BrClNO/c1-11-6-5(4-9)2-3-10-7(6)8/h2-3H,4H2,1H3. The molecular weight excluding hydrogens is 229 g/mol. The van der Waals surface area contributed by atoms with Gasteiger partial charge in [0.15, 0.2) is 5.75 Å². The Morgan fingerprint density at radius 2 is 2.45 bits per heavy atom. The molecule has 1 aromatic heterocycles. The van der Waals surface area contributed by atoms with Crippen molar-refractivity contribution in [3.8, 4) is 5.75 Å². The second-order valence-corrected chi connectivity index (χ2v) is 2.95. The van der Waals surface area contributed by atoms with E-state index in [4.69, 9.17) is 16.3 Å². The van der Waals surface area contributed by atoms with Crippen LogP contribution in [0, 0.1) is 0 Å². The Labute approximate surface area is 78.7 Å². The highest BCUT2D eigenvalue weighted by molar-refractivity contribution is 9.10. The molecule has 0 atom stereocenters. The zero-order chi connectivity index (χ0) is 8.27. The van der Waals surface area contributed by atoms with Gasteiger partial charge >= 0.3 is 0 Å². The molecule has 0 spiro atoms. The van der Waals surface area contributed by atoms with Crippen LogP contribution in [0.5, 0.6) is 5.75 Å². The smallest absolute Gasteiger partial charge is 0.156 e.